The summed E-state index contributed by atoms with van der Waals surface area (Å²) in [7, 11) is 1.18. The van der Waals surface area contributed by atoms with E-state index in [9.17, 15) is 14.9 Å². The molecule has 0 aromatic heterocycles. The molecule has 1 aliphatic heterocycles. The Hall–Kier alpha value is -3.71. The number of hydrogen-bond acceptors (Lipinski definition) is 6. The number of anilines is 1. The summed E-state index contributed by atoms with van der Waals surface area (Å²) in [6.45, 7) is 0. The number of para-hydroxylation sites is 1. The predicted octanol–water partition coefficient (Wildman–Crippen LogP) is 4.50. The predicted molar refractivity (Wildman–Crippen MR) is 115 cm³/mol. The summed E-state index contributed by atoms with van der Waals surface area (Å²) < 4.78 is 5.01. The molecule has 31 heavy (non-hydrogen) atoms. The van der Waals surface area contributed by atoms with Crippen molar-refractivity contribution in [2.45, 2.75) is 24.1 Å². The molecule has 0 saturated carbocycles. The molecule has 1 aliphatic rings. The first-order valence-corrected chi connectivity index (χ1v) is 9.92. The number of methoxy groups -OCH3 is 1. The molecule has 1 saturated heterocycles. The van der Waals surface area contributed by atoms with Gasteiger partial charge in [-0.25, -0.2) is 9.86 Å². The van der Waals surface area contributed by atoms with Crippen molar-refractivity contribution >= 4 is 11.7 Å². The monoisotopic (exact) mass is 418 g/mol. The fraction of sp³-hybridized carbons (Fsp3) is 0.208. The minimum Gasteiger partial charge on any atom is -0.464 e. The number of ether oxygens (including phenoxy) is 1. The highest BCUT2D eigenvalue weighted by Gasteiger charge is 2.66. The van der Waals surface area contributed by atoms with Crippen molar-refractivity contribution in [1.82, 2.24) is 0 Å². The Morgan fingerprint density at radius 2 is 1.48 bits per heavy atom. The van der Waals surface area contributed by atoms with Gasteiger partial charge in [-0.3, -0.25) is 15.0 Å². The van der Waals surface area contributed by atoms with Gasteiger partial charge in [0, 0.05) is 4.92 Å². The number of rotatable bonds is 5. The van der Waals surface area contributed by atoms with E-state index < -0.39 is 28.6 Å². The third-order valence-corrected chi connectivity index (χ3v) is 5.59. The lowest BCUT2D eigenvalue weighted by atomic mass is 9.78. The number of carbonyl (C=O) groups is 1. The van der Waals surface area contributed by atoms with E-state index in [1.54, 1.807) is 36.4 Å². The normalized spacial score (nSPS) is 23.2. The van der Waals surface area contributed by atoms with Crippen LogP contribution in [0.25, 0.3) is 0 Å². The van der Waals surface area contributed by atoms with Gasteiger partial charge in [0.2, 0.25) is 0 Å². The molecule has 1 heterocycles. The maximum Gasteiger partial charge on any atom is 0.387 e. The zero-order valence-electron chi connectivity index (χ0n) is 17.0. The first-order valence-electron chi connectivity index (χ1n) is 9.92. The molecule has 0 radical (unpaired) electrons. The van der Waals surface area contributed by atoms with Crippen LogP contribution in [0.5, 0.6) is 0 Å². The average Bonchev–Trinajstić information content (AvgIpc) is 2.84. The molecule has 7 heteroatoms. The Balaban J connectivity index is 1.95. The van der Waals surface area contributed by atoms with Crippen LogP contribution in [0.15, 0.2) is 91.0 Å². The van der Waals surface area contributed by atoms with Crippen LogP contribution < -0.4 is 5.06 Å². The smallest absolute Gasteiger partial charge is 0.387 e. The average molecular weight is 418 g/mol. The van der Waals surface area contributed by atoms with E-state index in [-0.39, 0.29) is 6.42 Å². The molecule has 3 aromatic rings. The van der Waals surface area contributed by atoms with Crippen molar-refractivity contribution in [2.75, 3.05) is 12.2 Å². The zero-order chi connectivity index (χ0) is 21.8. The molecule has 0 amide bonds. The van der Waals surface area contributed by atoms with E-state index >= 15 is 0 Å². The number of esters is 1. The largest absolute Gasteiger partial charge is 0.464 e. The van der Waals surface area contributed by atoms with Crippen LogP contribution in [0.1, 0.15) is 29.7 Å². The Labute approximate surface area is 179 Å². The number of benzene rings is 3. The lowest BCUT2D eigenvalue weighted by molar-refractivity contribution is -0.570. The number of carbonyl (C=O) groups excluding carboxylic acids is 1. The Morgan fingerprint density at radius 1 is 0.968 bits per heavy atom. The van der Waals surface area contributed by atoms with Crippen molar-refractivity contribution in [3.63, 3.8) is 0 Å². The third kappa shape index (κ3) is 3.64. The highest BCUT2D eigenvalue weighted by atomic mass is 16.7. The summed E-state index contributed by atoms with van der Waals surface area (Å²) in [6, 6.07) is 26.1. The van der Waals surface area contributed by atoms with Gasteiger partial charge in [0.25, 0.3) is 0 Å². The number of nitrogens with zero attached hydrogens (tertiary/aromatic N) is 2. The van der Waals surface area contributed by atoms with Crippen LogP contribution >= 0.6 is 0 Å². The fourth-order valence-electron chi connectivity index (χ4n) is 4.12. The van der Waals surface area contributed by atoms with Crippen LogP contribution in [0.2, 0.25) is 0 Å². The molecule has 1 fully saturated rings. The molecule has 0 spiro atoms. The van der Waals surface area contributed by atoms with Gasteiger partial charge < -0.3 is 4.74 Å². The highest BCUT2D eigenvalue weighted by molar-refractivity contribution is 5.82. The molecular formula is C24H22N2O5. The van der Waals surface area contributed by atoms with Gasteiger partial charge in [-0.15, -0.1) is 0 Å². The van der Waals surface area contributed by atoms with Gasteiger partial charge >= 0.3 is 11.5 Å². The van der Waals surface area contributed by atoms with Crippen molar-refractivity contribution in [1.29, 1.82) is 0 Å². The first kappa shape index (κ1) is 20.6. The summed E-state index contributed by atoms with van der Waals surface area (Å²) in [6.07, 6.45) is -0.884. The summed E-state index contributed by atoms with van der Waals surface area (Å²) in [4.78, 5) is 31.6. The molecule has 3 aromatic carbocycles. The summed E-state index contributed by atoms with van der Waals surface area (Å²) in [5.41, 5.74) is -0.151. The van der Waals surface area contributed by atoms with Crippen LogP contribution in [-0.2, 0) is 14.4 Å². The molecule has 0 aliphatic carbocycles. The highest BCUT2D eigenvalue weighted by Crippen LogP contribution is 2.49. The van der Waals surface area contributed by atoms with Gasteiger partial charge in [-0.1, -0.05) is 78.9 Å². The van der Waals surface area contributed by atoms with Gasteiger partial charge in [-0.05, 0) is 23.3 Å². The second kappa shape index (κ2) is 8.57. The van der Waals surface area contributed by atoms with Crippen LogP contribution in [0.4, 0.5) is 5.69 Å². The second-order valence-corrected chi connectivity index (χ2v) is 7.36. The van der Waals surface area contributed by atoms with E-state index in [1.807, 2.05) is 54.6 Å². The summed E-state index contributed by atoms with van der Waals surface area (Å²) in [5, 5.41) is 14.1. The molecule has 0 bridgehead atoms. The Morgan fingerprint density at radius 3 is 2.00 bits per heavy atom. The van der Waals surface area contributed by atoms with Crippen molar-refractivity contribution in [2.24, 2.45) is 0 Å². The minimum atomic E-state index is -2.08. The number of hydroxylamine groups is 1. The molecular weight excluding hydrogens is 396 g/mol. The summed E-state index contributed by atoms with van der Waals surface area (Å²) in [5.74, 6) is -0.906. The van der Waals surface area contributed by atoms with E-state index in [2.05, 4.69) is 0 Å². The van der Waals surface area contributed by atoms with Crippen LogP contribution in [0, 0.1) is 10.1 Å². The van der Waals surface area contributed by atoms with E-state index in [0.717, 1.165) is 5.56 Å². The van der Waals surface area contributed by atoms with Crippen molar-refractivity contribution in [3.05, 3.63) is 112 Å². The maximum atomic E-state index is 13.1. The lowest BCUT2D eigenvalue weighted by Crippen LogP contribution is -2.61. The van der Waals surface area contributed by atoms with Gasteiger partial charge in [0.1, 0.15) is 6.10 Å². The number of nitro groups is 1. The molecule has 0 unspecified atom stereocenters. The Bertz CT molecular complexity index is 1050. The van der Waals surface area contributed by atoms with E-state index in [4.69, 9.17) is 9.57 Å². The first-order chi connectivity index (χ1) is 15.1. The van der Waals surface area contributed by atoms with Gasteiger partial charge in [0.15, 0.2) is 6.04 Å². The van der Waals surface area contributed by atoms with Crippen molar-refractivity contribution in [3.8, 4) is 0 Å². The maximum absolute atomic E-state index is 13.1. The van der Waals surface area contributed by atoms with Gasteiger partial charge in [-0.2, -0.15) is 0 Å². The Kier molecular flexibility index (Phi) is 5.68. The SMILES string of the molecule is COC(=O)[C@@]1([N+](=O)[O-])C[C@@H](c2ccccc2)ON(c2ccccc2)[C@H]1c1ccccc1. The second-order valence-electron chi connectivity index (χ2n) is 7.36. The van der Waals surface area contributed by atoms with E-state index in [0.29, 0.717) is 11.3 Å². The number of hydrogen-bond donors (Lipinski definition) is 0. The molecule has 7 nitrogen and oxygen atoms in total. The van der Waals surface area contributed by atoms with Gasteiger partial charge in [0.05, 0.1) is 19.2 Å². The quantitative estimate of drug-likeness (QED) is 0.345. The molecule has 4 rings (SSSR count). The van der Waals surface area contributed by atoms with Crippen LogP contribution in [0.3, 0.4) is 0 Å². The third-order valence-electron chi connectivity index (χ3n) is 5.59. The minimum absolute atomic E-state index is 0.167. The van der Waals surface area contributed by atoms with Crippen LogP contribution in [-0.4, -0.2) is 23.5 Å². The molecule has 3 atom stereocenters. The zero-order valence-corrected chi connectivity index (χ0v) is 17.0. The lowest BCUT2D eigenvalue weighted by Gasteiger charge is -2.45. The topological polar surface area (TPSA) is 81.9 Å². The standard InChI is InChI=1S/C24H22N2O5/c1-30-23(27)24(26(28)29)17-21(18-11-5-2-6-12-18)31-25(20-15-9-4-10-16-20)22(24)19-13-7-3-8-14-19/h2-16,21-22H,17H2,1H3/t21-,22-,24+/m0/s1. The van der Waals surface area contributed by atoms with Crippen molar-refractivity contribution < 1.29 is 19.3 Å². The summed E-state index contributed by atoms with van der Waals surface area (Å²) >= 11 is 0. The van der Waals surface area contributed by atoms with E-state index in [1.165, 1.54) is 12.2 Å². The molecule has 158 valence electrons. The fourth-order valence-corrected chi connectivity index (χ4v) is 4.12. The molecule has 0 N–H and O–H groups in total.